The standard InChI is InChI=1S/C26H34N2O5S/c1-3-5-6-10-22(29)18-11-13-19(14-12-18)28-21(24(30)27-26(28)32)9-7-8-20-15-16-23(34-20)25(31)33-17-4-2/h11-16,21-22,29H,3-10,17H2,1-2H3,(H,27,30,32)/t21-,22?/m0/s1. The molecule has 2 heterocycles. The van der Waals surface area contributed by atoms with Gasteiger partial charge in [-0.1, -0.05) is 45.2 Å². The highest BCUT2D eigenvalue weighted by atomic mass is 32.1. The molecule has 7 nitrogen and oxygen atoms in total. The van der Waals surface area contributed by atoms with E-state index >= 15 is 0 Å². The molecular formula is C26H34N2O5S. The summed E-state index contributed by atoms with van der Waals surface area (Å²) in [6.07, 6.45) is 6.03. The lowest BCUT2D eigenvalue weighted by molar-refractivity contribution is -0.120. The van der Waals surface area contributed by atoms with E-state index in [1.54, 1.807) is 18.2 Å². The lowest BCUT2D eigenvalue weighted by Crippen LogP contribution is -2.35. The van der Waals surface area contributed by atoms with Gasteiger partial charge in [0.05, 0.1) is 12.7 Å². The third kappa shape index (κ3) is 6.67. The summed E-state index contributed by atoms with van der Waals surface area (Å²) in [5, 5.41) is 12.8. The normalized spacial score (nSPS) is 16.6. The van der Waals surface area contributed by atoms with Crippen LogP contribution in [0.3, 0.4) is 0 Å². The van der Waals surface area contributed by atoms with Gasteiger partial charge in [0.1, 0.15) is 10.9 Å². The van der Waals surface area contributed by atoms with E-state index in [-0.39, 0.29) is 11.9 Å². The Morgan fingerprint density at radius 1 is 1.09 bits per heavy atom. The molecule has 0 bridgehead atoms. The molecule has 34 heavy (non-hydrogen) atoms. The highest BCUT2D eigenvalue weighted by Gasteiger charge is 2.38. The van der Waals surface area contributed by atoms with Crippen LogP contribution < -0.4 is 10.2 Å². The summed E-state index contributed by atoms with van der Waals surface area (Å²) < 4.78 is 5.17. The number of benzene rings is 1. The van der Waals surface area contributed by atoms with Crippen LogP contribution in [-0.4, -0.2) is 35.7 Å². The fourth-order valence-corrected chi connectivity index (χ4v) is 4.98. The van der Waals surface area contributed by atoms with Gasteiger partial charge >= 0.3 is 12.0 Å². The van der Waals surface area contributed by atoms with E-state index in [4.69, 9.17) is 4.74 Å². The molecule has 1 unspecified atom stereocenters. The largest absolute Gasteiger partial charge is 0.462 e. The summed E-state index contributed by atoms with van der Waals surface area (Å²) >= 11 is 1.40. The summed E-state index contributed by atoms with van der Waals surface area (Å²) in [5.41, 5.74) is 1.45. The second-order valence-electron chi connectivity index (χ2n) is 8.58. The second-order valence-corrected chi connectivity index (χ2v) is 9.75. The molecule has 1 fully saturated rings. The molecule has 1 aromatic carbocycles. The summed E-state index contributed by atoms with van der Waals surface area (Å²) in [7, 11) is 0. The molecule has 0 aliphatic carbocycles. The molecule has 0 spiro atoms. The molecule has 1 aliphatic heterocycles. The van der Waals surface area contributed by atoms with E-state index in [0.717, 1.165) is 36.1 Å². The number of ether oxygens (including phenoxy) is 1. The maximum atomic E-state index is 12.5. The molecule has 8 heteroatoms. The first-order valence-electron chi connectivity index (χ1n) is 12.1. The van der Waals surface area contributed by atoms with Gasteiger partial charge in [-0.3, -0.25) is 15.0 Å². The Morgan fingerprint density at radius 3 is 2.56 bits per heavy atom. The van der Waals surface area contributed by atoms with E-state index in [2.05, 4.69) is 12.2 Å². The molecule has 184 valence electrons. The topological polar surface area (TPSA) is 95.9 Å². The molecule has 2 N–H and O–H groups in total. The molecule has 0 saturated carbocycles. The predicted octanol–water partition coefficient (Wildman–Crippen LogP) is 5.38. The number of esters is 1. The van der Waals surface area contributed by atoms with Crippen LogP contribution in [0.15, 0.2) is 36.4 Å². The number of hydrogen-bond acceptors (Lipinski definition) is 6. The first kappa shape index (κ1) is 25.9. The minimum absolute atomic E-state index is 0.302. The minimum atomic E-state index is -0.582. The second kappa shape index (κ2) is 12.7. The van der Waals surface area contributed by atoms with Gasteiger partial charge in [0.15, 0.2) is 0 Å². The summed E-state index contributed by atoms with van der Waals surface area (Å²) in [4.78, 5) is 40.0. The average molecular weight is 487 g/mol. The van der Waals surface area contributed by atoms with Gasteiger partial charge in [-0.05, 0) is 61.9 Å². The number of hydrogen-bond donors (Lipinski definition) is 2. The van der Waals surface area contributed by atoms with Crippen molar-refractivity contribution in [1.29, 1.82) is 0 Å². The number of carbonyl (C=O) groups is 3. The van der Waals surface area contributed by atoms with Gasteiger partial charge in [-0.25, -0.2) is 9.59 Å². The Hall–Kier alpha value is -2.71. The van der Waals surface area contributed by atoms with Crippen molar-refractivity contribution < 1.29 is 24.2 Å². The van der Waals surface area contributed by atoms with Crippen molar-refractivity contribution >= 4 is 34.9 Å². The van der Waals surface area contributed by atoms with Gasteiger partial charge in [-0.2, -0.15) is 0 Å². The monoisotopic (exact) mass is 486 g/mol. The lowest BCUT2D eigenvalue weighted by atomic mass is 10.0. The zero-order valence-corrected chi connectivity index (χ0v) is 20.7. The Morgan fingerprint density at radius 2 is 1.85 bits per heavy atom. The number of nitrogens with one attached hydrogen (secondary N) is 1. The number of thiophene rings is 1. The van der Waals surface area contributed by atoms with Gasteiger partial charge in [0, 0.05) is 10.6 Å². The Kier molecular flexibility index (Phi) is 9.65. The Bertz CT molecular complexity index is 972. The predicted molar refractivity (Wildman–Crippen MR) is 133 cm³/mol. The molecule has 1 aromatic heterocycles. The van der Waals surface area contributed by atoms with Crippen LogP contribution in [0, 0.1) is 0 Å². The van der Waals surface area contributed by atoms with Crippen molar-refractivity contribution in [3.63, 3.8) is 0 Å². The average Bonchev–Trinajstić information content (AvgIpc) is 3.41. The number of imide groups is 1. The highest BCUT2D eigenvalue weighted by molar-refractivity contribution is 7.13. The number of aryl methyl sites for hydroxylation is 1. The Labute approximate surface area is 205 Å². The van der Waals surface area contributed by atoms with Crippen LogP contribution in [0.25, 0.3) is 0 Å². The summed E-state index contributed by atoms with van der Waals surface area (Å²) in [5.74, 6) is -0.604. The lowest BCUT2D eigenvalue weighted by Gasteiger charge is -2.22. The molecule has 1 saturated heterocycles. The fraction of sp³-hybridized carbons (Fsp3) is 0.500. The highest BCUT2D eigenvalue weighted by Crippen LogP contribution is 2.28. The van der Waals surface area contributed by atoms with E-state index in [9.17, 15) is 19.5 Å². The number of carbonyl (C=O) groups excluding carboxylic acids is 3. The number of aliphatic hydroxyl groups excluding tert-OH is 1. The quantitative estimate of drug-likeness (QED) is 0.225. The first-order valence-corrected chi connectivity index (χ1v) is 12.9. The molecule has 2 aromatic rings. The maximum absolute atomic E-state index is 12.5. The number of rotatable bonds is 13. The fourth-order valence-electron chi connectivity index (χ4n) is 4.03. The van der Waals surface area contributed by atoms with Crippen LogP contribution >= 0.6 is 11.3 Å². The number of nitrogens with zero attached hydrogens (tertiary/aromatic N) is 1. The van der Waals surface area contributed by atoms with E-state index in [1.165, 1.54) is 16.2 Å². The van der Waals surface area contributed by atoms with Crippen molar-refractivity contribution in [2.45, 2.75) is 77.4 Å². The molecular weight excluding hydrogens is 452 g/mol. The number of anilines is 1. The van der Waals surface area contributed by atoms with Gasteiger partial charge in [0.25, 0.3) is 5.91 Å². The third-order valence-electron chi connectivity index (χ3n) is 5.90. The van der Waals surface area contributed by atoms with Gasteiger partial charge in [-0.15, -0.1) is 11.3 Å². The molecule has 0 radical (unpaired) electrons. The zero-order chi connectivity index (χ0) is 24.5. The third-order valence-corrected chi connectivity index (χ3v) is 7.03. The first-order chi connectivity index (χ1) is 16.4. The van der Waals surface area contributed by atoms with Gasteiger partial charge < -0.3 is 9.84 Å². The van der Waals surface area contributed by atoms with E-state index < -0.39 is 18.2 Å². The maximum Gasteiger partial charge on any atom is 0.348 e. The van der Waals surface area contributed by atoms with Crippen LogP contribution in [-0.2, 0) is 16.0 Å². The van der Waals surface area contributed by atoms with Crippen molar-refractivity contribution in [2.75, 3.05) is 11.5 Å². The number of unbranched alkanes of at least 4 members (excludes halogenated alkanes) is 2. The zero-order valence-electron chi connectivity index (χ0n) is 19.9. The van der Waals surface area contributed by atoms with E-state index in [1.807, 2.05) is 25.1 Å². The van der Waals surface area contributed by atoms with Crippen molar-refractivity contribution in [2.24, 2.45) is 0 Å². The van der Waals surface area contributed by atoms with Gasteiger partial charge in [0.2, 0.25) is 0 Å². The number of amides is 3. The minimum Gasteiger partial charge on any atom is -0.462 e. The van der Waals surface area contributed by atoms with Crippen LogP contribution in [0.2, 0.25) is 0 Å². The van der Waals surface area contributed by atoms with Crippen LogP contribution in [0.1, 0.15) is 85.0 Å². The molecule has 3 rings (SSSR count). The number of urea groups is 1. The van der Waals surface area contributed by atoms with Crippen LogP contribution in [0.4, 0.5) is 10.5 Å². The van der Waals surface area contributed by atoms with Crippen LogP contribution in [0.5, 0.6) is 0 Å². The van der Waals surface area contributed by atoms with E-state index in [0.29, 0.717) is 42.9 Å². The SMILES string of the molecule is CCCCCC(O)c1ccc(N2C(=O)NC(=O)[C@@H]2CCCc2ccc(C(=O)OCCC)s2)cc1. The number of aliphatic hydroxyl groups is 1. The van der Waals surface area contributed by atoms with Crippen molar-refractivity contribution in [3.8, 4) is 0 Å². The molecule has 3 amide bonds. The molecule has 1 aliphatic rings. The van der Waals surface area contributed by atoms with Crippen molar-refractivity contribution in [1.82, 2.24) is 5.32 Å². The summed E-state index contributed by atoms with van der Waals surface area (Å²) in [6, 6.07) is 9.90. The molecule has 2 atom stereocenters. The summed E-state index contributed by atoms with van der Waals surface area (Å²) in [6.45, 7) is 4.49. The smallest absolute Gasteiger partial charge is 0.348 e. The van der Waals surface area contributed by atoms with Crippen molar-refractivity contribution in [3.05, 3.63) is 51.7 Å². The Balaban J connectivity index is 1.58.